The van der Waals surface area contributed by atoms with Gasteiger partial charge in [0.15, 0.2) is 11.5 Å². The average molecular weight is 446 g/mol. The number of hydrogen-bond donors (Lipinski definition) is 2. The van der Waals surface area contributed by atoms with E-state index in [2.05, 4.69) is 15.4 Å². The lowest BCUT2D eigenvalue weighted by molar-refractivity contribution is 0.0927. The molecule has 2 amide bonds. The summed E-state index contributed by atoms with van der Waals surface area (Å²) in [5, 5.41) is 5.41. The van der Waals surface area contributed by atoms with Crippen LogP contribution in [0.3, 0.4) is 0 Å². The monoisotopic (exact) mass is 446 g/mol. The summed E-state index contributed by atoms with van der Waals surface area (Å²) >= 11 is 0. The van der Waals surface area contributed by atoms with E-state index in [1.54, 1.807) is 6.92 Å². The van der Waals surface area contributed by atoms with Crippen LogP contribution < -0.4 is 29.6 Å². The largest absolute Gasteiger partial charge is 0.513 e. The minimum Gasteiger partial charge on any atom is -0.493 e. The average Bonchev–Trinajstić information content (AvgIpc) is 2.81. The molecule has 0 saturated heterocycles. The van der Waals surface area contributed by atoms with Crippen molar-refractivity contribution in [2.75, 3.05) is 41.0 Å². The molecule has 0 aliphatic heterocycles. The van der Waals surface area contributed by atoms with Crippen molar-refractivity contribution in [2.45, 2.75) is 6.92 Å². The van der Waals surface area contributed by atoms with Gasteiger partial charge in [-0.05, 0) is 43.3 Å². The van der Waals surface area contributed by atoms with Crippen LogP contribution in [-0.4, -0.2) is 59.0 Å². The summed E-state index contributed by atoms with van der Waals surface area (Å²) in [6.45, 7) is 2.28. The Labute approximate surface area is 185 Å². The molecular weight excluding hydrogens is 420 g/mol. The first-order valence-electron chi connectivity index (χ1n) is 9.74. The van der Waals surface area contributed by atoms with Gasteiger partial charge in [-0.3, -0.25) is 9.59 Å². The smallest absolute Gasteiger partial charge is 0.493 e. The zero-order valence-electron chi connectivity index (χ0n) is 18.4. The lowest BCUT2D eigenvalue weighted by Gasteiger charge is -2.14. The van der Waals surface area contributed by atoms with E-state index < -0.39 is 6.16 Å². The quantitative estimate of drug-likeness (QED) is 0.324. The van der Waals surface area contributed by atoms with Gasteiger partial charge in [0.05, 0.1) is 27.9 Å². The van der Waals surface area contributed by atoms with Crippen molar-refractivity contribution in [1.29, 1.82) is 0 Å². The summed E-state index contributed by atoms with van der Waals surface area (Å²) in [6, 6.07) is 9.07. The van der Waals surface area contributed by atoms with Crippen molar-refractivity contribution >= 4 is 18.0 Å². The fraction of sp³-hybridized carbons (Fsp3) is 0.318. The Hall–Kier alpha value is -3.95. The van der Waals surface area contributed by atoms with E-state index in [1.165, 1.54) is 57.7 Å². The maximum atomic E-state index is 12.4. The van der Waals surface area contributed by atoms with Crippen LogP contribution in [0.25, 0.3) is 0 Å². The Morgan fingerprint density at radius 3 is 1.78 bits per heavy atom. The van der Waals surface area contributed by atoms with E-state index in [9.17, 15) is 14.4 Å². The van der Waals surface area contributed by atoms with Gasteiger partial charge in [-0.25, -0.2) is 4.79 Å². The zero-order chi connectivity index (χ0) is 23.5. The van der Waals surface area contributed by atoms with Crippen LogP contribution in [0.5, 0.6) is 23.0 Å². The number of carbonyl (C=O) groups is 3. The van der Waals surface area contributed by atoms with Gasteiger partial charge < -0.3 is 34.3 Å². The maximum Gasteiger partial charge on any atom is 0.513 e. The molecule has 0 aliphatic rings. The van der Waals surface area contributed by atoms with E-state index in [0.29, 0.717) is 28.4 Å². The molecule has 32 heavy (non-hydrogen) atoms. The Morgan fingerprint density at radius 2 is 1.31 bits per heavy atom. The molecule has 172 valence electrons. The van der Waals surface area contributed by atoms with Crippen molar-refractivity contribution < 1.29 is 38.1 Å². The predicted octanol–water partition coefficient (Wildman–Crippen LogP) is 2.41. The fourth-order valence-corrected chi connectivity index (χ4v) is 2.69. The molecule has 2 rings (SSSR count). The van der Waals surface area contributed by atoms with Crippen LogP contribution >= 0.6 is 0 Å². The Kier molecular flexibility index (Phi) is 9.15. The number of nitrogens with one attached hydrogen (secondary N) is 2. The number of carbonyl (C=O) groups excluding carboxylic acids is 3. The van der Waals surface area contributed by atoms with Crippen molar-refractivity contribution in [3.63, 3.8) is 0 Å². The SMILES string of the molecule is CCOC(=O)Oc1ccc(C(=O)NCCNC(=O)c2cc(OC)c(OC)c(OC)c2)cc1. The molecule has 0 saturated carbocycles. The first-order valence-corrected chi connectivity index (χ1v) is 9.74. The van der Waals surface area contributed by atoms with Gasteiger partial charge in [-0.1, -0.05) is 0 Å². The third-order valence-corrected chi connectivity index (χ3v) is 4.20. The molecule has 0 spiro atoms. The second-order valence-electron chi connectivity index (χ2n) is 6.24. The maximum absolute atomic E-state index is 12.4. The Morgan fingerprint density at radius 1 is 0.781 bits per heavy atom. The highest BCUT2D eigenvalue weighted by Gasteiger charge is 2.17. The number of hydrogen-bond acceptors (Lipinski definition) is 8. The van der Waals surface area contributed by atoms with Crippen LogP contribution in [0.1, 0.15) is 27.6 Å². The molecule has 0 unspecified atom stereocenters. The minimum absolute atomic E-state index is 0.200. The zero-order valence-corrected chi connectivity index (χ0v) is 18.4. The van der Waals surface area contributed by atoms with E-state index in [0.717, 1.165) is 0 Å². The molecule has 2 aromatic rings. The number of benzene rings is 2. The van der Waals surface area contributed by atoms with Crippen LogP contribution in [0, 0.1) is 0 Å². The molecule has 0 fully saturated rings. The van der Waals surface area contributed by atoms with E-state index in [1.807, 2.05) is 0 Å². The summed E-state index contributed by atoms with van der Waals surface area (Å²) in [4.78, 5) is 36.0. The molecule has 10 heteroatoms. The van der Waals surface area contributed by atoms with Crippen molar-refractivity contribution in [3.05, 3.63) is 47.5 Å². The first kappa shape index (κ1) is 24.3. The summed E-state index contributed by atoms with van der Waals surface area (Å²) in [5.41, 5.74) is 0.695. The Balaban J connectivity index is 1.86. The van der Waals surface area contributed by atoms with Gasteiger partial charge in [0, 0.05) is 24.2 Å². The van der Waals surface area contributed by atoms with E-state index in [4.69, 9.17) is 18.9 Å². The van der Waals surface area contributed by atoms with Gasteiger partial charge in [-0.2, -0.15) is 0 Å². The highest BCUT2D eigenvalue weighted by molar-refractivity contribution is 5.96. The molecule has 0 heterocycles. The predicted molar refractivity (Wildman–Crippen MR) is 115 cm³/mol. The summed E-state index contributed by atoms with van der Waals surface area (Å²) in [6.07, 6.45) is -0.812. The van der Waals surface area contributed by atoms with Gasteiger partial charge in [0.25, 0.3) is 11.8 Å². The van der Waals surface area contributed by atoms with Crippen LogP contribution in [0.2, 0.25) is 0 Å². The fourth-order valence-electron chi connectivity index (χ4n) is 2.69. The third kappa shape index (κ3) is 6.53. The minimum atomic E-state index is -0.812. The standard InChI is InChI=1S/C22H26N2O8/c1-5-31-22(27)32-16-8-6-14(7-9-16)20(25)23-10-11-24-21(26)15-12-17(28-2)19(30-4)18(13-15)29-3/h6-9,12-13H,5,10-11H2,1-4H3,(H,23,25)(H,24,26). The van der Waals surface area contributed by atoms with Crippen molar-refractivity contribution in [3.8, 4) is 23.0 Å². The van der Waals surface area contributed by atoms with Crippen LogP contribution in [-0.2, 0) is 4.74 Å². The highest BCUT2D eigenvalue weighted by Crippen LogP contribution is 2.38. The number of methoxy groups -OCH3 is 3. The van der Waals surface area contributed by atoms with Crippen molar-refractivity contribution in [2.24, 2.45) is 0 Å². The number of rotatable bonds is 10. The second kappa shape index (κ2) is 12.0. The lowest BCUT2D eigenvalue weighted by atomic mass is 10.1. The summed E-state index contributed by atoms with van der Waals surface area (Å²) in [5.74, 6) is 0.671. The molecule has 0 aliphatic carbocycles. The normalized spacial score (nSPS) is 10.0. The van der Waals surface area contributed by atoms with E-state index in [-0.39, 0.29) is 37.3 Å². The van der Waals surface area contributed by atoms with Gasteiger partial charge in [0.1, 0.15) is 5.75 Å². The molecule has 0 bridgehead atoms. The van der Waals surface area contributed by atoms with Crippen LogP contribution in [0.15, 0.2) is 36.4 Å². The molecular formula is C22H26N2O8. The molecule has 0 radical (unpaired) electrons. The molecule has 0 aromatic heterocycles. The topological polar surface area (TPSA) is 121 Å². The molecule has 0 atom stereocenters. The Bertz CT molecular complexity index is 918. The second-order valence-corrected chi connectivity index (χ2v) is 6.24. The van der Waals surface area contributed by atoms with Gasteiger partial charge in [-0.15, -0.1) is 0 Å². The van der Waals surface area contributed by atoms with Gasteiger partial charge >= 0.3 is 6.16 Å². The summed E-state index contributed by atoms with van der Waals surface area (Å²) in [7, 11) is 4.40. The number of ether oxygens (including phenoxy) is 5. The molecule has 2 aromatic carbocycles. The lowest BCUT2D eigenvalue weighted by Crippen LogP contribution is -2.34. The number of amides is 2. The van der Waals surface area contributed by atoms with Crippen LogP contribution in [0.4, 0.5) is 4.79 Å². The summed E-state index contributed by atoms with van der Waals surface area (Å²) < 4.78 is 25.3. The molecule has 10 nitrogen and oxygen atoms in total. The molecule has 2 N–H and O–H groups in total. The van der Waals surface area contributed by atoms with Crippen molar-refractivity contribution in [1.82, 2.24) is 10.6 Å². The van der Waals surface area contributed by atoms with Gasteiger partial charge in [0.2, 0.25) is 5.75 Å². The first-order chi connectivity index (χ1) is 15.4. The third-order valence-electron chi connectivity index (χ3n) is 4.20. The highest BCUT2D eigenvalue weighted by atomic mass is 16.7. The van der Waals surface area contributed by atoms with E-state index >= 15 is 0 Å².